The van der Waals surface area contributed by atoms with Crippen molar-refractivity contribution in [2.75, 3.05) is 6.54 Å². The molecule has 0 bridgehead atoms. The van der Waals surface area contributed by atoms with Gasteiger partial charge in [0.25, 0.3) is 0 Å². The zero-order valence-corrected chi connectivity index (χ0v) is 10.5. The Kier molecular flexibility index (Phi) is 5.10. The molecule has 14 heavy (non-hydrogen) atoms. The number of nitrogens with zero attached hydrogens (tertiary/aromatic N) is 1. The highest BCUT2D eigenvalue weighted by Crippen LogP contribution is 2.27. The van der Waals surface area contributed by atoms with Crippen molar-refractivity contribution in [3.05, 3.63) is 0 Å². The molecule has 1 saturated heterocycles. The molecule has 1 heterocycles. The average molecular weight is 220 g/mol. The zero-order valence-electron chi connectivity index (χ0n) is 9.72. The Balaban J connectivity index is 0.00000169. The largest absolute Gasteiger partial charge is 1.00 e. The molecule has 1 rings (SSSR count). The lowest BCUT2D eigenvalue weighted by atomic mass is 10.0. The van der Waals surface area contributed by atoms with Gasteiger partial charge in [0.2, 0.25) is 0 Å². The van der Waals surface area contributed by atoms with Crippen molar-refractivity contribution >= 4 is 5.91 Å². The van der Waals surface area contributed by atoms with Crippen LogP contribution >= 0.6 is 0 Å². The van der Waals surface area contributed by atoms with Crippen molar-refractivity contribution in [2.45, 2.75) is 59.0 Å². The molecule has 0 aromatic carbocycles. The molecule has 0 spiro atoms. The quantitative estimate of drug-likeness (QED) is 0.564. The summed E-state index contributed by atoms with van der Waals surface area (Å²) in [4.78, 5) is 12.0. The third-order valence-electron chi connectivity index (χ3n) is 3.48. The molecule has 1 aliphatic rings. The smallest absolute Gasteiger partial charge is 0.314 e. The monoisotopic (exact) mass is 219 g/mol. The van der Waals surface area contributed by atoms with Crippen LogP contribution in [0, 0.1) is 0 Å². The maximum absolute atomic E-state index is 12.0. The number of carbonyl (C=O) groups is 1. The average Bonchev–Trinajstić information content (AvgIpc) is 2.04. The molecule has 1 aliphatic heterocycles. The molecule has 1 amide bonds. The number of rotatable bonds is 2. The molecule has 84 valence electrons. The number of quaternary nitrogens is 1. The second-order valence-electron chi connectivity index (χ2n) is 4.69. The van der Waals surface area contributed by atoms with Gasteiger partial charge in [-0.3, -0.25) is 4.48 Å². The molecular formula is C11H22ClNO. The van der Waals surface area contributed by atoms with Gasteiger partial charge < -0.3 is 12.4 Å². The van der Waals surface area contributed by atoms with E-state index in [0.717, 1.165) is 19.4 Å². The number of likely N-dealkylation sites (tertiary alicyclic amines) is 1. The third kappa shape index (κ3) is 2.12. The van der Waals surface area contributed by atoms with Gasteiger partial charge in [-0.05, 0) is 40.5 Å². The van der Waals surface area contributed by atoms with Crippen LogP contribution in [0.1, 0.15) is 47.0 Å². The van der Waals surface area contributed by atoms with Gasteiger partial charge in [0, 0.05) is 0 Å². The van der Waals surface area contributed by atoms with Crippen molar-refractivity contribution in [3.63, 3.8) is 0 Å². The van der Waals surface area contributed by atoms with E-state index in [1.54, 1.807) is 0 Å². The van der Waals surface area contributed by atoms with E-state index >= 15 is 0 Å². The number of carbonyl (C=O) groups excluding carboxylic acids is 1. The lowest BCUT2D eigenvalue weighted by Gasteiger charge is -2.45. The number of amides is 1. The molecular weight excluding hydrogens is 198 g/mol. The summed E-state index contributed by atoms with van der Waals surface area (Å²) in [5.41, 5.74) is 0. The third-order valence-corrected chi connectivity index (χ3v) is 3.48. The highest BCUT2D eigenvalue weighted by molar-refractivity contribution is 5.70. The van der Waals surface area contributed by atoms with Gasteiger partial charge in [-0.2, -0.15) is 0 Å². The normalized spacial score (nSPS) is 21.1. The first kappa shape index (κ1) is 13.9. The van der Waals surface area contributed by atoms with E-state index in [-0.39, 0.29) is 12.4 Å². The fraction of sp³-hybridized carbons (Fsp3) is 0.909. The molecule has 1 fully saturated rings. The van der Waals surface area contributed by atoms with Crippen LogP contribution in [-0.4, -0.2) is 29.0 Å². The summed E-state index contributed by atoms with van der Waals surface area (Å²) in [6.45, 7) is 9.73. The van der Waals surface area contributed by atoms with Crippen molar-refractivity contribution in [1.29, 1.82) is 0 Å². The lowest BCUT2D eigenvalue weighted by molar-refractivity contribution is -0.899. The molecule has 0 saturated carbocycles. The Hall–Kier alpha value is -0.0800. The molecule has 0 unspecified atom stereocenters. The molecule has 0 N–H and O–H groups in total. The summed E-state index contributed by atoms with van der Waals surface area (Å²) in [5, 5.41) is 0. The van der Waals surface area contributed by atoms with E-state index in [0.29, 0.717) is 22.5 Å². The van der Waals surface area contributed by atoms with Crippen molar-refractivity contribution in [1.82, 2.24) is 0 Å². The van der Waals surface area contributed by atoms with Crippen molar-refractivity contribution in [3.8, 4) is 0 Å². The van der Waals surface area contributed by atoms with E-state index in [4.69, 9.17) is 0 Å². The minimum atomic E-state index is 0. The Morgan fingerprint density at radius 1 is 1.07 bits per heavy atom. The van der Waals surface area contributed by atoms with Gasteiger partial charge in [0.1, 0.15) is 0 Å². The standard InChI is InChI=1S/C11H22NO.ClH/c1-9(2)12(10(3)4)8-6-5-7-11(12)13;/h9-10H,5-8H2,1-4H3;1H/q+1;/p-1. The van der Waals surface area contributed by atoms with Crippen LogP contribution in [0.15, 0.2) is 0 Å². The SMILES string of the molecule is CC(C)[N+]1(C(C)C)CCCCC1=O.[Cl-]. The summed E-state index contributed by atoms with van der Waals surface area (Å²) in [7, 11) is 0. The van der Waals surface area contributed by atoms with Crippen LogP contribution in [0.5, 0.6) is 0 Å². The molecule has 3 heteroatoms. The first-order valence-electron chi connectivity index (χ1n) is 5.42. The maximum Gasteiger partial charge on any atom is 0.314 e. The van der Waals surface area contributed by atoms with E-state index < -0.39 is 0 Å². The fourth-order valence-corrected chi connectivity index (χ4v) is 2.67. The Bertz CT molecular complexity index is 193. The molecule has 0 atom stereocenters. The molecule has 0 aromatic rings. The van der Waals surface area contributed by atoms with Crippen molar-refractivity contribution < 1.29 is 21.7 Å². The Morgan fingerprint density at radius 2 is 1.57 bits per heavy atom. The summed E-state index contributed by atoms with van der Waals surface area (Å²) in [5.74, 6) is 0.455. The Morgan fingerprint density at radius 3 is 1.86 bits per heavy atom. The molecule has 2 nitrogen and oxygen atoms in total. The van der Waals surface area contributed by atoms with Crippen LogP contribution < -0.4 is 12.4 Å². The van der Waals surface area contributed by atoms with Gasteiger partial charge in [-0.25, -0.2) is 4.79 Å². The second-order valence-corrected chi connectivity index (χ2v) is 4.69. The first-order valence-corrected chi connectivity index (χ1v) is 5.42. The summed E-state index contributed by atoms with van der Waals surface area (Å²) in [6.07, 6.45) is 3.09. The van der Waals surface area contributed by atoms with Crippen LogP contribution in [-0.2, 0) is 4.79 Å². The zero-order chi connectivity index (χ0) is 10.1. The number of piperidine rings is 1. The first-order chi connectivity index (χ1) is 6.01. The van der Waals surface area contributed by atoms with Gasteiger partial charge in [-0.1, -0.05) is 0 Å². The highest BCUT2D eigenvalue weighted by atomic mass is 35.5. The van der Waals surface area contributed by atoms with Gasteiger partial charge in [0.15, 0.2) is 0 Å². The van der Waals surface area contributed by atoms with Crippen LogP contribution in [0.2, 0.25) is 0 Å². The minimum absolute atomic E-state index is 0. The van der Waals surface area contributed by atoms with Gasteiger partial charge in [-0.15, -0.1) is 0 Å². The predicted molar refractivity (Wildman–Crippen MR) is 54.3 cm³/mol. The summed E-state index contributed by atoms with van der Waals surface area (Å²) < 4.78 is 0.708. The second kappa shape index (κ2) is 5.13. The lowest BCUT2D eigenvalue weighted by Crippen LogP contribution is -3.00. The maximum atomic E-state index is 12.0. The van der Waals surface area contributed by atoms with Gasteiger partial charge >= 0.3 is 5.91 Å². The highest BCUT2D eigenvalue weighted by Gasteiger charge is 2.43. The topological polar surface area (TPSA) is 17.1 Å². The number of hydrogen-bond acceptors (Lipinski definition) is 1. The number of halogens is 1. The van der Waals surface area contributed by atoms with E-state index in [9.17, 15) is 4.79 Å². The molecule has 0 radical (unpaired) electrons. The van der Waals surface area contributed by atoms with Crippen LogP contribution in [0.3, 0.4) is 0 Å². The van der Waals surface area contributed by atoms with Crippen LogP contribution in [0.25, 0.3) is 0 Å². The summed E-state index contributed by atoms with van der Waals surface area (Å²) in [6, 6.07) is 0.876. The summed E-state index contributed by atoms with van der Waals surface area (Å²) >= 11 is 0. The molecule has 0 aromatic heterocycles. The van der Waals surface area contributed by atoms with E-state index in [1.165, 1.54) is 6.42 Å². The minimum Gasteiger partial charge on any atom is -1.00 e. The fourth-order valence-electron chi connectivity index (χ4n) is 2.67. The van der Waals surface area contributed by atoms with Crippen molar-refractivity contribution in [2.24, 2.45) is 0 Å². The molecule has 0 aliphatic carbocycles. The Labute approximate surface area is 93.7 Å². The van der Waals surface area contributed by atoms with E-state index in [2.05, 4.69) is 27.7 Å². The number of hydrogen-bond donors (Lipinski definition) is 0. The van der Waals surface area contributed by atoms with Gasteiger partial charge in [0.05, 0.1) is 25.0 Å². The predicted octanol–water partition coefficient (Wildman–Crippen LogP) is -0.665. The van der Waals surface area contributed by atoms with Crippen LogP contribution in [0.4, 0.5) is 0 Å². The van der Waals surface area contributed by atoms with E-state index in [1.807, 2.05) is 0 Å².